The number of nitrogens with one attached hydrogen (secondary N) is 3. The molecular weight excluding hydrogens is 520 g/mol. The number of carbonyl (C=O) groups is 2. The van der Waals surface area contributed by atoms with Crippen LogP contribution in [0.25, 0.3) is 10.9 Å². The molecular formula is C28H36N4O6S. The van der Waals surface area contributed by atoms with Gasteiger partial charge in [0.2, 0.25) is 11.8 Å². The Morgan fingerprint density at radius 1 is 1.23 bits per heavy atom. The maximum atomic E-state index is 13.8. The molecule has 0 aliphatic carbocycles. The summed E-state index contributed by atoms with van der Waals surface area (Å²) in [5.41, 5.74) is 4.01. The summed E-state index contributed by atoms with van der Waals surface area (Å²) in [6.45, 7) is 4.19. The standard InChI is InChI=1S/C28H36N4O6S/c1-3-15-28(2,26(35)30-32-25(34)20-17-39-18-22(20)29-27(32)36)21(13-9-12-19-10-5-4-6-11-19)24(33)31-38-23-14-7-8-16-37-23/h4-6,10-11,17-18,21,23H,3,7-9,12-16H2,1-2H3,(H,29,36)(H,30,35)(H,31,33)/t21-,23?,28-/m1/s1. The van der Waals surface area contributed by atoms with E-state index in [1.807, 2.05) is 37.3 Å². The first kappa shape index (κ1) is 28.7. The van der Waals surface area contributed by atoms with Crippen molar-refractivity contribution in [2.45, 2.75) is 71.5 Å². The summed E-state index contributed by atoms with van der Waals surface area (Å²) in [5, 5.41) is 3.58. The Bertz CT molecular complexity index is 1380. The van der Waals surface area contributed by atoms with Gasteiger partial charge in [0.05, 0.1) is 22.2 Å². The largest absolute Gasteiger partial charge is 0.350 e. The Morgan fingerprint density at radius 3 is 2.74 bits per heavy atom. The van der Waals surface area contributed by atoms with Crippen molar-refractivity contribution in [3.63, 3.8) is 0 Å². The molecule has 0 spiro atoms. The number of H-pyrrole nitrogens is 1. The van der Waals surface area contributed by atoms with Crippen molar-refractivity contribution in [2.24, 2.45) is 11.3 Å². The number of aromatic amines is 1. The third kappa shape index (κ3) is 6.84. The molecule has 4 rings (SSSR count). The summed E-state index contributed by atoms with van der Waals surface area (Å²) in [6.07, 6.45) is 4.76. The van der Waals surface area contributed by atoms with E-state index < -0.39 is 40.7 Å². The van der Waals surface area contributed by atoms with E-state index in [9.17, 15) is 19.2 Å². The van der Waals surface area contributed by atoms with Crippen molar-refractivity contribution in [3.05, 3.63) is 67.5 Å². The molecule has 39 heavy (non-hydrogen) atoms. The normalized spacial score (nSPS) is 17.8. The minimum absolute atomic E-state index is 0.301. The van der Waals surface area contributed by atoms with Gasteiger partial charge in [-0.2, -0.15) is 4.68 Å². The van der Waals surface area contributed by atoms with E-state index in [0.29, 0.717) is 54.3 Å². The third-order valence-corrected chi connectivity index (χ3v) is 8.10. The Kier molecular flexibility index (Phi) is 9.71. The lowest BCUT2D eigenvalue weighted by Gasteiger charge is -2.35. The molecule has 3 N–H and O–H groups in total. The molecule has 1 saturated heterocycles. The number of carbonyl (C=O) groups excluding carboxylic acids is 2. The fourth-order valence-corrected chi connectivity index (χ4v) is 5.89. The SMILES string of the molecule is CCC[C@@](C)(C(=O)Nn1c(=O)[nH]c2cscc2c1=O)[C@H](CCCc1ccccc1)C(=O)NOC1CCCCO1. The molecule has 2 amide bonds. The van der Waals surface area contributed by atoms with Gasteiger partial charge < -0.3 is 9.72 Å². The van der Waals surface area contributed by atoms with Crippen LogP contribution in [-0.2, 0) is 25.6 Å². The number of fused-ring (bicyclic) bond motifs is 1. The van der Waals surface area contributed by atoms with Crippen molar-refractivity contribution < 1.29 is 19.2 Å². The van der Waals surface area contributed by atoms with Crippen LogP contribution in [0.5, 0.6) is 0 Å². The van der Waals surface area contributed by atoms with Gasteiger partial charge >= 0.3 is 5.69 Å². The molecule has 3 atom stereocenters. The molecule has 1 aromatic carbocycles. The van der Waals surface area contributed by atoms with Crippen molar-refractivity contribution in [2.75, 3.05) is 12.0 Å². The minimum Gasteiger partial charge on any atom is -0.350 e. The number of rotatable bonds is 12. The summed E-state index contributed by atoms with van der Waals surface area (Å²) in [6, 6.07) is 9.92. The van der Waals surface area contributed by atoms with Gasteiger partial charge in [-0.15, -0.1) is 11.3 Å². The Labute approximate surface area is 230 Å². The molecule has 3 heterocycles. The van der Waals surface area contributed by atoms with Crippen LogP contribution >= 0.6 is 11.3 Å². The summed E-state index contributed by atoms with van der Waals surface area (Å²) in [5.74, 6) is -1.80. The van der Waals surface area contributed by atoms with Gasteiger partial charge in [-0.1, -0.05) is 43.7 Å². The van der Waals surface area contributed by atoms with Gasteiger partial charge in [0.1, 0.15) is 0 Å². The maximum absolute atomic E-state index is 13.8. The number of hydrogen-bond donors (Lipinski definition) is 3. The molecule has 0 bridgehead atoms. The third-order valence-electron chi connectivity index (χ3n) is 7.36. The number of nitrogens with zero attached hydrogens (tertiary/aromatic N) is 1. The quantitative estimate of drug-likeness (QED) is 0.291. The van der Waals surface area contributed by atoms with Crippen LogP contribution in [0.2, 0.25) is 0 Å². The van der Waals surface area contributed by atoms with E-state index in [1.54, 1.807) is 17.7 Å². The van der Waals surface area contributed by atoms with Crippen LogP contribution in [0.4, 0.5) is 0 Å². The molecule has 1 aliphatic heterocycles. The molecule has 0 radical (unpaired) electrons. The fraction of sp³-hybridized carbons (Fsp3) is 0.500. The number of hydroxylamine groups is 1. The molecule has 11 heteroatoms. The van der Waals surface area contributed by atoms with Gasteiger partial charge in [0.15, 0.2) is 6.29 Å². The van der Waals surface area contributed by atoms with Crippen LogP contribution in [0.1, 0.15) is 64.4 Å². The van der Waals surface area contributed by atoms with Crippen molar-refractivity contribution in [1.82, 2.24) is 15.1 Å². The summed E-state index contributed by atoms with van der Waals surface area (Å²) < 4.78 is 6.26. The smallest absolute Gasteiger partial charge is 0.348 e. The van der Waals surface area contributed by atoms with Crippen molar-refractivity contribution in [1.29, 1.82) is 0 Å². The van der Waals surface area contributed by atoms with Crippen LogP contribution in [-0.4, -0.2) is 34.4 Å². The van der Waals surface area contributed by atoms with E-state index in [0.717, 1.165) is 24.8 Å². The van der Waals surface area contributed by atoms with Crippen molar-refractivity contribution >= 4 is 34.1 Å². The first-order valence-corrected chi connectivity index (χ1v) is 14.4. The number of aromatic nitrogens is 2. The van der Waals surface area contributed by atoms with E-state index in [2.05, 4.69) is 15.9 Å². The Balaban J connectivity index is 1.58. The van der Waals surface area contributed by atoms with Crippen LogP contribution in [0, 0.1) is 11.3 Å². The zero-order valence-corrected chi connectivity index (χ0v) is 23.2. The Hall–Kier alpha value is -3.28. The number of benzene rings is 1. The molecule has 0 saturated carbocycles. The summed E-state index contributed by atoms with van der Waals surface area (Å²) in [7, 11) is 0. The second kappa shape index (κ2) is 13.2. The van der Waals surface area contributed by atoms with E-state index in [-0.39, 0.29) is 0 Å². The highest BCUT2D eigenvalue weighted by molar-refractivity contribution is 7.09. The molecule has 1 aliphatic rings. The second-order valence-electron chi connectivity index (χ2n) is 10.2. The highest BCUT2D eigenvalue weighted by Crippen LogP contribution is 2.37. The highest BCUT2D eigenvalue weighted by Gasteiger charge is 2.45. The number of amides is 2. The number of ether oxygens (including phenoxy) is 1. The van der Waals surface area contributed by atoms with Gasteiger partial charge in [0.25, 0.3) is 5.56 Å². The number of thiophene rings is 1. The van der Waals surface area contributed by atoms with Crippen molar-refractivity contribution in [3.8, 4) is 0 Å². The van der Waals surface area contributed by atoms with E-state index >= 15 is 0 Å². The molecule has 210 valence electrons. The average Bonchev–Trinajstić information content (AvgIpc) is 3.42. The van der Waals surface area contributed by atoms with Gasteiger partial charge in [-0.3, -0.25) is 19.8 Å². The summed E-state index contributed by atoms with van der Waals surface area (Å²) >= 11 is 1.28. The first-order chi connectivity index (χ1) is 18.8. The molecule has 1 fully saturated rings. The van der Waals surface area contributed by atoms with Gasteiger partial charge in [-0.25, -0.2) is 15.1 Å². The zero-order chi connectivity index (χ0) is 27.8. The fourth-order valence-electron chi connectivity index (χ4n) is 5.13. The van der Waals surface area contributed by atoms with E-state index in [1.165, 1.54) is 11.3 Å². The topological polar surface area (TPSA) is 132 Å². The Morgan fingerprint density at radius 2 is 2.03 bits per heavy atom. The average molecular weight is 557 g/mol. The van der Waals surface area contributed by atoms with Gasteiger partial charge in [-0.05, 0) is 51.0 Å². The molecule has 3 aromatic rings. The van der Waals surface area contributed by atoms with Crippen LogP contribution in [0.3, 0.4) is 0 Å². The lowest BCUT2D eigenvalue weighted by atomic mass is 9.70. The predicted octanol–water partition coefficient (Wildman–Crippen LogP) is 3.84. The lowest BCUT2D eigenvalue weighted by Crippen LogP contribution is -2.53. The number of hydrogen-bond acceptors (Lipinski definition) is 7. The second-order valence-corrected chi connectivity index (χ2v) is 10.9. The molecule has 1 unspecified atom stereocenters. The van der Waals surface area contributed by atoms with E-state index in [4.69, 9.17) is 9.57 Å². The highest BCUT2D eigenvalue weighted by atomic mass is 32.1. The molecule has 10 nitrogen and oxygen atoms in total. The maximum Gasteiger partial charge on any atom is 0.348 e. The minimum atomic E-state index is -1.23. The zero-order valence-electron chi connectivity index (χ0n) is 22.4. The molecule has 2 aromatic heterocycles. The summed E-state index contributed by atoms with van der Waals surface area (Å²) in [4.78, 5) is 61.2. The lowest BCUT2D eigenvalue weighted by molar-refractivity contribution is -0.204. The monoisotopic (exact) mass is 556 g/mol. The predicted molar refractivity (Wildman–Crippen MR) is 150 cm³/mol. The van der Waals surface area contributed by atoms with Crippen LogP contribution < -0.4 is 22.2 Å². The van der Waals surface area contributed by atoms with Gasteiger partial charge in [0, 0.05) is 23.8 Å². The van der Waals surface area contributed by atoms with Crippen LogP contribution in [0.15, 0.2) is 50.7 Å². The number of aryl methyl sites for hydroxylation is 1. The first-order valence-electron chi connectivity index (χ1n) is 13.5.